The average Bonchev–Trinajstić information content (AvgIpc) is 2.39. The Morgan fingerprint density at radius 2 is 1.89 bits per heavy atom. The molecule has 1 aromatic carbocycles. The fourth-order valence-electron chi connectivity index (χ4n) is 1.97. The first-order valence-corrected chi connectivity index (χ1v) is 6.79. The summed E-state index contributed by atoms with van der Waals surface area (Å²) < 4.78 is 10.8. The van der Waals surface area contributed by atoms with Gasteiger partial charge in [0.25, 0.3) is 0 Å². The highest BCUT2D eigenvalue weighted by Gasteiger charge is 2.10. The largest absolute Gasteiger partial charge is 0.493 e. The highest BCUT2D eigenvalue weighted by molar-refractivity contribution is 5.85. The maximum Gasteiger partial charge on any atom is 0.161 e. The highest BCUT2D eigenvalue weighted by atomic mass is 35.5. The van der Waals surface area contributed by atoms with Gasteiger partial charge in [0.05, 0.1) is 13.7 Å². The molecule has 19 heavy (non-hydrogen) atoms. The van der Waals surface area contributed by atoms with Crippen molar-refractivity contribution in [1.82, 2.24) is 0 Å². The van der Waals surface area contributed by atoms with Crippen LogP contribution in [0.15, 0.2) is 18.2 Å². The standard InChI is InChI=1S/C15H25NO2.ClH/c1-4-6-7-8-13(16)12-9-10-14(17-3)15(11-12)18-5-2;/h9-11,13H,4-8,16H2,1-3H3;1H/t13-;/m1./s1. The molecule has 0 amide bonds. The molecule has 1 atom stereocenters. The third kappa shape index (κ3) is 5.70. The Bertz CT molecular complexity index is 358. The molecule has 2 N–H and O–H groups in total. The minimum absolute atomic E-state index is 0. The average molecular weight is 288 g/mol. The number of rotatable bonds is 8. The minimum Gasteiger partial charge on any atom is -0.493 e. The van der Waals surface area contributed by atoms with E-state index in [9.17, 15) is 0 Å². The van der Waals surface area contributed by atoms with E-state index >= 15 is 0 Å². The van der Waals surface area contributed by atoms with Crippen LogP contribution in [0.25, 0.3) is 0 Å². The topological polar surface area (TPSA) is 44.5 Å². The van der Waals surface area contributed by atoms with Gasteiger partial charge in [0.15, 0.2) is 11.5 Å². The van der Waals surface area contributed by atoms with Crippen LogP contribution in [0, 0.1) is 0 Å². The first kappa shape index (κ1) is 18.1. The molecule has 0 heterocycles. The lowest BCUT2D eigenvalue weighted by Gasteiger charge is -2.15. The molecule has 1 rings (SSSR count). The quantitative estimate of drug-likeness (QED) is 0.732. The van der Waals surface area contributed by atoms with E-state index in [2.05, 4.69) is 6.92 Å². The summed E-state index contributed by atoms with van der Waals surface area (Å²) in [6, 6.07) is 6.04. The van der Waals surface area contributed by atoms with E-state index in [0.29, 0.717) is 6.61 Å². The van der Waals surface area contributed by atoms with E-state index < -0.39 is 0 Å². The van der Waals surface area contributed by atoms with Crippen LogP contribution in [0.3, 0.4) is 0 Å². The summed E-state index contributed by atoms with van der Waals surface area (Å²) in [6.45, 7) is 4.80. The molecule has 0 unspecified atom stereocenters. The van der Waals surface area contributed by atoms with Crippen LogP contribution in [0.2, 0.25) is 0 Å². The summed E-state index contributed by atoms with van der Waals surface area (Å²) in [5, 5.41) is 0. The van der Waals surface area contributed by atoms with Crippen LogP contribution in [0.4, 0.5) is 0 Å². The van der Waals surface area contributed by atoms with Crippen LogP contribution in [-0.4, -0.2) is 13.7 Å². The van der Waals surface area contributed by atoms with E-state index in [4.69, 9.17) is 15.2 Å². The second kappa shape index (κ2) is 9.93. The van der Waals surface area contributed by atoms with E-state index in [0.717, 1.165) is 23.5 Å². The first-order chi connectivity index (χ1) is 8.72. The molecule has 110 valence electrons. The maximum absolute atomic E-state index is 6.20. The molecular weight excluding hydrogens is 262 g/mol. The second-order valence-electron chi connectivity index (χ2n) is 4.45. The Kier molecular flexibility index (Phi) is 9.44. The van der Waals surface area contributed by atoms with Gasteiger partial charge >= 0.3 is 0 Å². The molecule has 0 aliphatic carbocycles. The first-order valence-electron chi connectivity index (χ1n) is 6.79. The Morgan fingerprint density at radius 1 is 1.16 bits per heavy atom. The van der Waals surface area contributed by atoms with Crippen LogP contribution in [0.5, 0.6) is 11.5 Å². The van der Waals surface area contributed by atoms with Crippen molar-refractivity contribution in [2.45, 2.75) is 45.6 Å². The van der Waals surface area contributed by atoms with Crippen molar-refractivity contribution < 1.29 is 9.47 Å². The van der Waals surface area contributed by atoms with Gasteiger partial charge in [0.2, 0.25) is 0 Å². The van der Waals surface area contributed by atoms with E-state index in [-0.39, 0.29) is 18.4 Å². The minimum atomic E-state index is 0. The Labute approximate surface area is 122 Å². The lowest BCUT2D eigenvalue weighted by molar-refractivity contribution is 0.310. The molecule has 3 nitrogen and oxygen atoms in total. The lowest BCUT2D eigenvalue weighted by Crippen LogP contribution is -2.10. The van der Waals surface area contributed by atoms with E-state index in [1.807, 2.05) is 25.1 Å². The summed E-state index contributed by atoms with van der Waals surface area (Å²) in [7, 11) is 1.65. The van der Waals surface area contributed by atoms with Crippen LogP contribution in [-0.2, 0) is 0 Å². The molecule has 0 saturated heterocycles. The molecule has 0 aliphatic heterocycles. The van der Waals surface area contributed by atoms with E-state index in [1.54, 1.807) is 7.11 Å². The normalized spacial score (nSPS) is 11.6. The van der Waals surface area contributed by atoms with Crippen molar-refractivity contribution in [3.05, 3.63) is 23.8 Å². The smallest absolute Gasteiger partial charge is 0.161 e. The van der Waals surface area contributed by atoms with Crippen molar-refractivity contribution in [3.8, 4) is 11.5 Å². The summed E-state index contributed by atoms with van der Waals surface area (Å²) >= 11 is 0. The fourth-order valence-corrected chi connectivity index (χ4v) is 1.97. The Morgan fingerprint density at radius 3 is 2.47 bits per heavy atom. The van der Waals surface area contributed by atoms with Crippen molar-refractivity contribution in [1.29, 1.82) is 0 Å². The van der Waals surface area contributed by atoms with E-state index in [1.165, 1.54) is 19.3 Å². The number of nitrogens with two attached hydrogens (primary N) is 1. The molecule has 0 aromatic heterocycles. The monoisotopic (exact) mass is 287 g/mol. The fraction of sp³-hybridized carbons (Fsp3) is 0.600. The van der Waals surface area contributed by atoms with Crippen molar-refractivity contribution in [2.24, 2.45) is 5.73 Å². The summed E-state index contributed by atoms with van der Waals surface area (Å²) in [4.78, 5) is 0. The SMILES string of the molecule is CCCCC[C@@H](N)c1ccc(OC)c(OCC)c1.Cl. The molecule has 0 aliphatic rings. The number of methoxy groups -OCH3 is 1. The summed E-state index contributed by atoms with van der Waals surface area (Å²) in [6.07, 6.45) is 4.65. The van der Waals surface area contributed by atoms with Gasteiger partial charge in [-0.05, 0) is 31.0 Å². The van der Waals surface area contributed by atoms with Crippen molar-refractivity contribution >= 4 is 12.4 Å². The van der Waals surface area contributed by atoms with Crippen LogP contribution < -0.4 is 15.2 Å². The van der Waals surface area contributed by atoms with Gasteiger partial charge in [-0.15, -0.1) is 12.4 Å². The number of hydrogen-bond acceptors (Lipinski definition) is 3. The van der Waals surface area contributed by atoms with Crippen LogP contribution in [0.1, 0.15) is 51.1 Å². The molecule has 0 saturated carbocycles. The molecular formula is C15H26ClNO2. The summed E-state index contributed by atoms with van der Waals surface area (Å²) in [5.74, 6) is 1.55. The third-order valence-electron chi connectivity index (χ3n) is 3.03. The van der Waals surface area contributed by atoms with Gasteiger partial charge in [0, 0.05) is 6.04 Å². The number of benzene rings is 1. The van der Waals surface area contributed by atoms with Crippen LogP contribution >= 0.6 is 12.4 Å². The van der Waals surface area contributed by atoms with Gasteiger partial charge in [-0.2, -0.15) is 0 Å². The Balaban J connectivity index is 0.00000324. The van der Waals surface area contributed by atoms with Gasteiger partial charge < -0.3 is 15.2 Å². The van der Waals surface area contributed by atoms with Gasteiger partial charge in [-0.3, -0.25) is 0 Å². The zero-order valence-electron chi connectivity index (χ0n) is 12.1. The lowest BCUT2D eigenvalue weighted by atomic mass is 10.0. The van der Waals surface area contributed by atoms with Gasteiger partial charge in [-0.1, -0.05) is 32.3 Å². The predicted molar refractivity (Wildman–Crippen MR) is 82.5 cm³/mol. The zero-order chi connectivity index (χ0) is 13.4. The molecule has 0 bridgehead atoms. The molecule has 0 radical (unpaired) electrons. The predicted octanol–water partition coefficient (Wildman–Crippen LogP) is 4.10. The van der Waals surface area contributed by atoms with Gasteiger partial charge in [-0.25, -0.2) is 0 Å². The molecule has 0 spiro atoms. The number of ether oxygens (including phenoxy) is 2. The maximum atomic E-state index is 6.20. The highest BCUT2D eigenvalue weighted by Crippen LogP contribution is 2.31. The van der Waals surface area contributed by atoms with Crippen molar-refractivity contribution in [3.63, 3.8) is 0 Å². The third-order valence-corrected chi connectivity index (χ3v) is 3.03. The number of hydrogen-bond donors (Lipinski definition) is 1. The zero-order valence-corrected chi connectivity index (χ0v) is 13.0. The molecule has 4 heteroatoms. The van der Waals surface area contributed by atoms with Gasteiger partial charge in [0.1, 0.15) is 0 Å². The summed E-state index contributed by atoms with van der Waals surface area (Å²) in [5.41, 5.74) is 7.32. The Hall–Kier alpha value is -0.930. The number of halogens is 1. The molecule has 1 aromatic rings. The molecule has 0 fully saturated rings. The second-order valence-corrected chi connectivity index (χ2v) is 4.45. The van der Waals surface area contributed by atoms with Crippen molar-refractivity contribution in [2.75, 3.05) is 13.7 Å². The number of unbranched alkanes of at least 4 members (excludes halogenated alkanes) is 2.